The molecule has 2 aromatic heterocycles. The monoisotopic (exact) mass is 497 g/mol. The molecule has 1 amide bonds. The third-order valence-corrected chi connectivity index (χ3v) is 6.80. The number of fused-ring (bicyclic) bond motifs is 1. The number of aryl methyl sites for hydroxylation is 1. The molecule has 1 fully saturated rings. The number of hydrogen-bond acceptors (Lipinski definition) is 7. The van der Waals surface area contributed by atoms with Gasteiger partial charge >= 0.3 is 0 Å². The Kier molecular flexibility index (Phi) is 6.81. The molecule has 5 rings (SSSR count). The van der Waals surface area contributed by atoms with Crippen LogP contribution in [0.25, 0.3) is 10.9 Å². The average molecular weight is 498 g/mol. The van der Waals surface area contributed by atoms with Crippen LogP contribution in [0.5, 0.6) is 11.8 Å². The molecular weight excluding hydrogens is 466 g/mol. The molecule has 8 nitrogen and oxygen atoms in total. The summed E-state index contributed by atoms with van der Waals surface area (Å²) in [7, 11) is 3.61. The average Bonchev–Trinajstić information content (AvgIpc) is 3.44. The number of nitrogens with one attached hydrogen (secondary N) is 1. The molecule has 8 heteroatoms. The van der Waals surface area contributed by atoms with Gasteiger partial charge in [0.15, 0.2) is 0 Å². The molecule has 0 saturated carbocycles. The van der Waals surface area contributed by atoms with E-state index in [-0.39, 0.29) is 11.8 Å². The molecule has 1 aliphatic rings. The van der Waals surface area contributed by atoms with Crippen molar-refractivity contribution in [2.24, 2.45) is 0 Å². The van der Waals surface area contributed by atoms with Gasteiger partial charge in [-0.1, -0.05) is 6.07 Å². The van der Waals surface area contributed by atoms with Gasteiger partial charge in [-0.3, -0.25) is 4.79 Å². The second-order valence-electron chi connectivity index (χ2n) is 9.44. The van der Waals surface area contributed by atoms with E-state index in [0.29, 0.717) is 29.2 Å². The van der Waals surface area contributed by atoms with Crippen LogP contribution in [-0.4, -0.2) is 48.2 Å². The molecule has 2 aromatic carbocycles. The minimum Gasteiger partial charge on any atom is -0.493 e. The number of aromatic nitrogens is 2. The number of benzene rings is 2. The quantitative estimate of drug-likeness (QED) is 0.365. The zero-order chi connectivity index (χ0) is 25.9. The van der Waals surface area contributed by atoms with E-state index in [1.54, 1.807) is 19.4 Å². The van der Waals surface area contributed by atoms with Crippen molar-refractivity contribution in [3.63, 3.8) is 0 Å². The Morgan fingerprint density at radius 1 is 1.11 bits per heavy atom. The van der Waals surface area contributed by atoms with E-state index in [1.165, 1.54) is 0 Å². The summed E-state index contributed by atoms with van der Waals surface area (Å²) in [6.45, 7) is 4.43. The summed E-state index contributed by atoms with van der Waals surface area (Å²) in [6.07, 6.45) is 3.97. The molecule has 0 atom stereocenters. The molecule has 190 valence electrons. The maximum atomic E-state index is 13.6. The summed E-state index contributed by atoms with van der Waals surface area (Å²) in [4.78, 5) is 26.4. The normalized spacial score (nSPS) is 13.1. The highest BCUT2D eigenvalue weighted by atomic mass is 16.5. The smallest absolute Gasteiger partial charge is 0.257 e. The molecule has 1 aliphatic heterocycles. The molecule has 1 saturated heterocycles. The fraction of sp³-hybridized carbons (Fsp3) is 0.276. The number of pyridine rings is 2. The lowest BCUT2D eigenvalue weighted by atomic mass is 10.1. The van der Waals surface area contributed by atoms with Crippen LogP contribution in [0.4, 0.5) is 17.1 Å². The Balaban J connectivity index is 1.43. The minimum absolute atomic E-state index is 0.0102. The van der Waals surface area contributed by atoms with Gasteiger partial charge in [-0.05, 0) is 67.3 Å². The first-order valence-corrected chi connectivity index (χ1v) is 12.4. The van der Waals surface area contributed by atoms with Crippen molar-refractivity contribution in [1.82, 2.24) is 9.97 Å². The van der Waals surface area contributed by atoms with E-state index in [9.17, 15) is 9.90 Å². The van der Waals surface area contributed by atoms with Gasteiger partial charge in [0.05, 0.1) is 18.2 Å². The second kappa shape index (κ2) is 10.3. The zero-order valence-corrected chi connectivity index (χ0v) is 21.4. The van der Waals surface area contributed by atoms with Crippen LogP contribution in [0.1, 0.15) is 34.3 Å². The van der Waals surface area contributed by atoms with Gasteiger partial charge in [0.1, 0.15) is 0 Å². The number of amides is 1. The minimum atomic E-state index is -0.152. The maximum Gasteiger partial charge on any atom is 0.257 e. The number of methoxy groups -OCH3 is 1. The maximum absolute atomic E-state index is 13.6. The van der Waals surface area contributed by atoms with Crippen molar-refractivity contribution in [3.8, 4) is 11.8 Å². The summed E-state index contributed by atoms with van der Waals surface area (Å²) < 4.78 is 5.26. The predicted octanol–water partition coefficient (Wildman–Crippen LogP) is 5.14. The Morgan fingerprint density at radius 3 is 2.70 bits per heavy atom. The second-order valence-corrected chi connectivity index (χ2v) is 9.44. The van der Waals surface area contributed by atoms with Gasteiger partial charge in [0, 0.05) is 67.5 Å². The van der Waals surface area contributed by atoms with E-state index in [4.69, 9.17) is 4.74 Å². The van der Waals surface area contributed by atoms with Crippen LogP contribution >= 0.6 is 0 Å². The molecule has 2 N–H and O–H groups in total. The van der Waals surface area contributed by atoms with Crippen molar-refractivity contribution in [2.45, 2.75) is 26.3 Å². The van der Waals surface area contributed by atoms with Crippen LogP contribution in [-0.2, 0) is 6.54 Å². The Bertz CT molecular complexity index is 1450. The fourth-order valence-corrected chi connectivity index (χ4v) is 4.86. The lowest BCUT2D eigenvalue weighted by molar-refractivity contribution is 0.102. The number of ether oxygens (including phenoxy) is 1. The van der Waals surface area contributed by atoms with Crippen molar-refractivity contribution in [1.29, 1.82) is 0 Å². The van der Waals surface area contributed by atoms with Crippen molar-refractivity contribution >= 4 is 33.9 Å². The topological polar surface area (TPSA) is 90.8 Å². The molecule has 4 aromatic rings. The fourth-order valence-electron chi connectivity index (χ4n) is 4.86. The molecular formula is C29H31N5O3. The van der Waals surface area contributed by atoms with Gasteiger partial charge in [-0.25, -0.2) is 9.97 Å². The highest BCUT2D eigenvalue weighted by Crippen LogP contribution is 2.29. The van der Waals surface area contributed by atoms with Crippen LogP contribution in [0, 0.1) is 6.92 Å². The van der Waals surface area contributed by atoms with Gasteiger partial charge in [0.25, 0.3) is 5.91 Å². The Morgan fingerprint density at radius 2 is 1.92 bits per heavy atom. The molecule has 0 spiro atoms. The molecule has 0 aliphatic carbocycles. The van der Waals surface area contributed by atoms with Crippen molar-refractivity contribution in [3.05, 3.63) is 77.5 Å². The molecule has 0 radical (unpaired) electrons. The number of carbonyl (C=O) groups excluding carboxylic acids is 1. The van der Waals surface area contributed by atoms with Gasteiger partial charge in [0.2, 0.25) is 11.8 Å². The number of nitrogens with zero attached hydrogens (tertiary/aromatic N) is 4. The Labute approximate surface area is 216 Å². The van der Waals surface area contributed by atoms with E-state index in [0.717, 1.165) is 53.8 Å². The first-order valence-electron chi connectivity index (χ1n) is 12.4. The standard InChI is InChI=1S/C29H31N5O3/c1-19-14-27(35)32-25-8-7-21(16-23(19)25)31-29(36)24-15-20(6-9-26(24)34-12-4-5-13-34)18-33(2)22-10-11-30-28(17-22)37-3/h6-11,14-17H,4-5,12-13,18H2,1-3H3,(H,31,36)(H,32,35). The van der Waals surface area contributed by atoms with E-state index < -0.39 is 0 Å². The number of carbonyl (C=O) groups is 1. The van der Waals surface area contributed by atoms with Crippen LogP contribution in [0.15, 0.2) is 60.8 Å². The predicted molar refractivity (Wildman–Crippen MR) is 147 cm³/mol. The summed E-state index contributed by atoms with van der Waals surface area (Å²) in [6, 6.07) is 17.1. The molecule has 37 heavy (non-hydrogen) atoms. The lowest BCUT2D eigenvalue weighted by Crippen LogP contribution is -2.24. The number of rotatable bonds is 7. The molecule has 0 bridgehead atoms. The Hall–Kier alpha value is -4.33. The third kappa shape index (κ3) is 5.28. The largest absolute Gasteiger partial charge is 0.493 e. The van der Waals surface area contributed by atoms with Gasteiger partial charge < -0.3 is 25.0 Å². The van der Waals surface area contributed by atoms with Crippen LogP contribution in [0.3, 0.4) is 0 Å². The molecule has 0 unspecified atom stereocenters. The highest BCUT2D eigenvalue weighted by Gasteiger charge is 2.21. The first-order chi connectivity index (χ1) is 17.9. The van der Waals surface area contributed by atoms with Crippen LogP contribution < -0.4 is 19.9 Å². The third-order valence-electron chi connectivity index (χ3n) is 6.80. The van der Waals surface area contributed by atoms with Crippen molar-refractivity contribution < 1.29 is 14.6 Å². The number of aromatic hydroxyl groups is 1. The van der Waals surface area contributed by atoms with E-state index >= 15 is 0 Å². The lowest BCUT2D eigenvalue weighted by Gasteiger charge is -2.24. The summed E-state index contributed by atoms with van der Waals surface area (Å²) in [5.74, 6) is 0.398. The summed E-state index contributed by atoms with van der Waals surface area (Å²) >= 11 is 0. The van der Waals surface area contributed by atoms with Gasteiger partial charge in [-0.2, -0.15) is 0 Å². The van der Waals surface area contributed by atoms with Crippen molar-refractivity contribution in [2.75, 3.05) is 42.4 Å². The zero-order valence-electron chi connectivity index (χ0n) is 21.4. The van der Waals surface area contributed by atoms with E-state index in [1.807, 2.05) is 50.4 Å². The first kappa shape index (κ1) is 24.4. The number of hydrogen-bond donors (Lipinski definition) is 2. The molecule has 3 heterocycles. The van der Waals surface area contributed by atoms with Gasteiger partial charge in [-0.15, -0.1) is 0 Å². The summed E-state index contributed by atoms with van der Waals surface area (Å²) in [5, 5.41) is 13.8. The SMILES string of the molecule is COc1cc(N(C)Cc2ccc(N3CCCC3)c(C(=O)Nc3ccc4nc(O)cc(C)c4c3)c2)ccn1. The van der Waals surface area contributed by atoms with Crippen LogP contribution in [0.2, 0.25) is 0 Å². The highest BCUT2D eigenvalue weighted by molar-refractivity contribution is 6.09. The van der Waals surface area contributed by atoms with E-state index in [2.05, 4.69) is 37.2 Å². The summed E-state index contributed by atoms with van der Waals surface area (Å²) in [5.41, 5.74) is 5.89. The number of anilines is 3.